The van der Waals surface area contributed by atoms with Crippen molar-refractivity contribution in [3.63, 3.8) is 0 Å². The van der Waals surface area contributed by atoms with E-state index in [1.165, 1.54) is 12.1 Å². The maximum absolute atomic E-state index is 14.2. The SMILES string of the molecule is CCCC(NC(=O)Nc1cc(C(N)=O)c(F)cc1F)C1CCN(Cc2ccc(Oc3ccc(S(N)(=O)=O)cc3)cc2)CC1. The number of urea groups is 1. The zero-order chi connectivity index (χ0) is 31.1. The molecule has 10 nitrogen and oxygen atoms in total. The highest BCUT2D eigenvalue weighted by Crippen LogP contribution is 2.27. The number of ether oxygens (including phenoxy) is 1. The molecule has 1 aliphatic heterocycles. The number of primary sulfonamides is 1. The van der Waals surface area contributed by atoms with E-state index in [2.05, 4.69) is 15.5 Å². The molecule has 4 rings (SSSR count). The van der Waals surface area contributed by atoms with E-state index in [1.807, 2.05) is 31.2 Å². The first-order chi connectivity index (χ1) is 20.4. The Hall–Kier alpha value is -4.07. The lowest BCUT2D eigenvalue weighted by Gasteiger charge is -2.36. The van der Waals surface area contributed by atoms with Gasteiger partial charge in [0.2, 0.25) is 10.0 Å². The van der Waals surface area contributed by atoms with Gasteiger partial charge in [-0.1, -0.05) is 25.5 Å². The number of hydrogen-bond acceptors (Lipinski definition) is 6. The van der Waals surface area contributed by atoms with Gasteiger partial charge in [0.05, 0.1) is 16.1 Å². The Morgan fingerprint density at radius 2 is 1.60 bits per heavy atom. The summed E-state index contributed by atoms with van der Waals surface area (Å²) in [5, 5.41) is 10.4. The molecule has 1 heterocycles. The average Bonchev–Trinajstić information content (AvgIpc) is 2.95. The highest BCUT2D eigenvalue weighted by molar-refractivity contribution is 7.89. The lowest BCUT2D eigenvalue weighted by Crippen LogP contribution is -2.46. The molecule has 6 N–H and O–H groups in total. The van der Waals surface area contributed by atoms with Crippen molar-refractivity contribution >= 4 is 27.6 Å². The van der Waals surface area contributed by atoms with Crippen molar-refractivity contribution in [3.05, 3.63) is 83.4 Å². The normalized spacial score (nSPS) is 15.1. The number of carbonyl (C=O) groups excluding carboxylic acids is 2. The number of piperidine rings is 1. The number of carbonyl (C=O) groups is 2. The van der Waals surface area contributed by atoms with Gasteiger partial charge in [-0.25, -0.2) is 27.1 Å². The molecule has 230 valence electrons. The number of anilines is 1. The Labute approximate surface area is 249 Å². The summed E-state index contributed by atoms with van der Waals surface area (Å²) in [6.45, 7) is 4.43. The lowest BCUT2D eigenvalue weighted by molar-refractivity contribution is 0.0996. The number of nitrogens with two attached hydrogens (primary N) is 2. The zero-order valence-corrected chi connectivity index (χ0v) is 24.5. The third-order valence-electron chi connectivity index (χ3n) is 7.41. The first-order valence-electron chi connectivity index (χ1n) is 13.9. The van der Waals surface area contributed by atoms with E-state index < -0.39 is 39.2 Å². The fourth-order valence-electron chi connectivity index (χ4n) is 5.17. The molecule has 3 amide bonds. The highest BCUT2D eigenvalue weighted by atomic mass is 32.2. The van der Waals surface area contributed by atoms with E-state index in [0.717, 1.165) is 56.9 Å². The van der Waals surface area contributed by atoms with Crippen molar-refractivity contribution in [2.45, 2.75) is 50.1 Å². The van der Waals surface area contributed by atoms with Gasteiger partial charge in [0.25, 0.3) is 5.91 Å². The summed E-state index contributed by atoms with van der Waals surface area (Å²) < 4.78 is 56.6. The summed E-state index contributed by atoms with van der Waals surface area (Å²) >= 11 is 0. The van der Waals surface area contributed by atoms with Crippen LogP contribution in [0.25, 0.3) is 0 Å². The first kappa shape index (κ1) is 31.9. The molecule has 0 aliphatic carbocycles. The summed E-state index contributed by atoms with van der Waals surface area (Å²) in [4.78, 5) is 26.5. The maximum Gasteiger partial charge on any atom is 0.319 e. The van der Waals surface area contributed by atoms with Crippen molar-refractivity contribution in [2.75, 3.05) is 18.4 Å². The van der Waals surface area contributed by atoms with Gasteiger partial charge in [0, 0.05) is 18.7 Å². The van der Waals surface area contributed by atoms with E-state index >= 15 is 0 Å². The summed E-state index contributed by atoms with van der Waals surface area (Å²) in [5.74, 6) is -1.83. The quantitative estimate of drug-likeness (QED) is 0.245. The molecule has 1 fully saturated rings. The molecule has 1 aliphatic rings. The molecule has 3 aromatic carbocycles. The van der Waals surface area contributed by atoms with Gasteiger partial charge >= 0.3 is 6.03 Å². The Morgan fingerprint density at radius 3 is 2.16 bits per heavy atom. The number of sulfonamides is 1. The first-order valence-corrected chi connectivity index (χ1v) is 15.5. The van der Waals surface area contributed by atoms with E-state index in [-0.39, 0.29) is 22.5 Å². The van der Waals surface area contributed by atoms with Crippen molar-refractivity contribution in [1.29, 1.82) is 0 Å². The fraction of sp³-hybridized carbons (Fsp3) is 0.333. The number of hydrogen-bond donors (Lipinski definition) is 4. The van der Waals surface area contributed by atoms with Crippen LogP contribution in [-0.2, 0) is 16.6 Å². The number of primary amides is 1. The summed E-state index contributed by atoms with van der Waals surface area (Å²) in [5.41, 5.74) is 5.41. The Bertz CT molecular complexity index is 1540. The number of benzene rings is 3. The standard InChI is InChI=1S/C30H35F2N5O5S/c1-2-3-27(35-30(39)36-28-16-24(29(33)38)25(31)17-26(28)32)20-12-14-37(15-13-20)18-19-4-6-21(7-5-19)42-22-8-10-23(11-9-22)43(34,40)41/h4-11,16-17,20,27H,2-3,12-15,18H2,1H3,(H2,33,38)(H2,34,40,41)(H2,35,36,39). The molecule has 0 aromatic heterocycles. The highest BCUT2D eigenvalue weighted by Gasteiger charge is 2.28. The van der Waals surface area contributed by atoms with Gasteiger partial charge in [-0.3, -0.25) is 9.69 Å². The van der Waals surface area contributed by atoms with E-state index in [4.69, 9.17) is 15.6 Å². The second kappa shape index (κ2) is 13.9. The van der Waals surface area contributed by atoms with Crippen LogP contribution in [0.3, 0.4) is 0 Å². The largest absolute Gasteiger partial charge is 0.457 e. The summed E-state index contributed by atoms with van der Waals surface area (Å²) in [6.07, 6.45) is 3.30. The molecular formula is C30H35F2N5O5S. The molecule has 0 bridgehead atoms. The predicted molar refractivity (Wildman–Crippen MR) is 158 cm³/mol. The van der Waals surface area contributed by atoms with Crippen molar-refractivity contribution < 1.29 is 31.5 Å². The van der Waals surface area contributed by atoms with Crippen LogP contribution in [0.4, 0.5) is 19.3 Å². The van der Waals surface area contributed by atoms with Crippen molar-refractivity contribution in [3.8, 4) is 11.5 Å². The smallest absolute Gasteiger partial charge is 0.319 e. The molecule has 0 saturated carbocycles. The zero-order valence-electron chi connectivity index (χ0n) is 23.7. The van der Waals surface area contributed by atoms with Crippen LogP contribution in [0.5, 0.6) is 11.5 Å². The van der Waals surface area contributed by atoms with Crippen LogP contribution in [0.1, 0.15) is 48.5 Å². The Kier molecular flexibility index (Phi) is 10.3. The average molecular weight is 616 g/mol. The minimum absolute atomic E-state index is 0.0135. The van der Waals surface area contributed by atoms with Gasteiger partial charge < -0.3 is 21.1 Å². The predicted octanol–water partition coefficient (Wildman–Crippen LogP) is 4.71. The van der Waals surface area contributed by atoms with Gasteiger partial charge in [-0.05, 0) is 86.3 Å². The minimum atomic E-state index is -3.76. The van der Waals surface area contributed by atoms with Crippen LogP contribution < -0.4 is 26.2 Å². The fourth-order valence-corrected chi connectivity index (χ4v) is 5.68. The summed E-state index contributed by atoms with van der Waals surface area (Å²) in [7, 11) is -3.76. The molecule has 1 saturated heterocycles. The van der Waals surface area contributed by atoms with E-state index in [9.17, 15) is 26.8 Å². The molecule has 1 atom stereocenters. The Morgan fingerprint density at radius 1 is 1.00 bits per heavy atom. The van der Waals surface area contributed by atoms with Crippen LogP contribution in [0.2, 0.25) is 0 Å². The topological polar surface area (TPSA) is 157 Å². The van der Waals surface area contributed by atoms with Crippen molar-refractivity contribution in [2.24, 2.45) is 16.8 Å². The molecule has 0 radical (unpaired) electrons. The number of nitrogens with zero attached hydrogens (tertiary/aromatic N) is 1. The molecule has 13 heteroatoms. The van der Waals surface area contributed by atoms with Gasteiger partial charge in [-0.15, -0.1) is 0 Å². The molecule has 0 spiro atoms. The number of likely N-dealkylation sites (tertiary alicyclic amines) is 1. The third kappa shape index (κ3) is 8.72. The minimum Gasteiger partial charge on any atom is -0.457 e. The molecular weight excluding hydrogens is 580 g/mol. The third-order valence-corrected chi connectivity index (χ3v) is 8.33. The number of halogens is 2. The van der Waals surface area contributed by atoms with Gasteiger partial charge in [0.15, 0.2) is 0 Å². The molecule has 3 aromatic rings. The van der Waals surface area contributed by atoms with Crippen LogP contribution >= 0.6 is 0 Å². The molecule has 1 unspecified atom stereocenters. The van der Waals surface area contributed by atoms with Crippen LogP contribution in [0.15, 0.2) is 65.6 Å². The maximum atomic E-state index is 14.2. The number of rotatable bonds is 11. The number of nitrogens with one attached hydrogen (secondary N) is 2. The lowest BCUT2D eigenvalue weighted by atomic mass is 9.87. The van der Waals surface area contributed by atoms with Crippen LogP contribution in [0, 0.1) is 17.6 Å². The summed E-state index contributed by atoms with van der Waals surface area (Å²) in [6, 6.07) is 14.2. The second-order valence-corrected chi connectivity index (χ2v) is 12.1. The number of amides is 3. The van der Waals surface area contributed by atoms with Gasteiger partial charge in [-0.2, -0.15) is 0 Å². The van der Waals surface area contributed by atoms with Gasteiger partial charge in [0.1, 0.15) is 23.1 Å². The van der Waals surface area contributed by atoms with E-state index in [0.29, 0.717) is 17.6 Å². The second-order valence-electron chi connectivity index (χ2n) is 10.5. The van der Waals surface area contributed by atoms with Crippen LogP contribution in [-0.4, -0.2) is 44.4 Å². The molecule has 43 heavy (non-hydrogen) atoms. The van der Waals surface area contributed by atoms with E-state index in [1.54, 1.807) is 12.1 Å². The monoisotopic (exact) mass is 615 g/mol. The van der Waals surface area contributed by atoms with Crippen molar-refractivity contribution in [1.82, 2.24) is 10.2 Å². The Balaban J connectivity index is 1.28.